The first-order valence-corrected chi connectivity index (χ1v) is 6.55. The second-order valence-electron chi connectivity index (χ2n) is 4.47. The number of likely N-dealkylation sites (N-methyl/N-ethyl adjacent to an activating group) is 1. The first kappa shape index (κ1) is 15.4. The molecule has 102 valence electrons. The van der Waals surface area contributed by atoms with Crippen LogP contribution in [-0.4, -0.2) is 60.3 Å². The quantitative estimate of drug-likeness (QED) is 0.838. The molecule has 0 aromatic carbocycles. The minimum atomic E-state index is 0. The number of ketones is 1. The van der Waals surface area contributed by atoms with Crippen LogP contribution in [0.5, 0.6) is 0 Å². The molecular weight excluding hydrogens is 272 g/mol. The summed E-state index contributed by atoms with van der Waals surface area (Å²) in [6.45, 7) is 6.28. The number of Topliss-reactive ketones (excluding diaryl/α,β-unsaturated/α-hetero) is 1. The molecule has 0 bridgehead atoms. The van der Waals surface area contributed by atoms with E-state index >= 15 is 0 Å². The number of aryl methyl sites for hydroxylation is 1. The summed E-state index contributed by atoms with van der Waals surface area (Å²) >= 11 is 1.29. The fraction of sp³-hybridized carbons (Fsp3) is 0.636. The van der Waals surface area contributed by atoms with E-state index in [0.717, 1.165) is 31.9 Å². The van der Waals surface area contributed by atoms with Crippen molar-refractivity contribution in [3.63, 3.8) is 0 Å². The zero-order valence-corrected chi connectivity index (χ0v) is 12.3. The number of nitrogen functional groups attached to an aromatic ring is 1. The molecule has 0 amide bonds. The van der Waals surface area contributed by atoms with Crippen LogP contribution in [0.25, 0.3) is 0 Å². The summed E-state index contributed by atoms with van der Waals surface area (Å²) in [5, 5.41) is 0.476. The number of nitrogens with zero attached hydrogens (tertiary/aromatic N) is 3. The van der Waals surface area contributed by atoms with E-state index in [-0.39, 0.29) is 18.2 Å². The topological polar surface area (TPSA) is 62.5 Å². The molecule has 1 aliphatic rings. The molecule has 2 heterocycles. The fourth-order valence-corrected chi connectivity index (χ4v) is 2.72. The highest BCUT2D eigenvalue weighted by atomic mass is 35.5. The monoisotopic (exact) mass is 290 g/mol. The molecule has 7 heteroatoms. The standard InChI is InChI=1S/C11H18N4OS.ClH/c1-8-10(17-11(12)13-8)9(16)7-15-5-3-14(2)4-6-15;/h3-7H2,1-2H3,(H2,12,13);1H. The Labute approximate surface area is 117 Å². The van der Waals surface area contributed by atoms with Crippen LogP contribution < -0.4 is 5.73 Å². The number of halogens is 1. The average molecular weight is 291 g/mol. The van der Waals surface area contributed by atoms with Gasteiger partial charge in [0, 0.05) is 26.2 Å². The van der Waals surface area contributed by atoms with Crippen LogP contribution in [0.1, 0.15) is 15.4 Å². The molecule has 0 atom stereocenters. The first-order chi connectivity index (χ1) is 8.06. The number of hydrogen-bond acceptors (Lipinski definition) is 6. The first-order valence-electron chi connectivity index (χ1n) is 5.73. The summed E-state index contributed by atoms with van der Waals surface area (Å²) in [4.78, 5) is 21.4. The molecule has 1 fully saturated rings. The van der Waals surface area contributed by atoms with Gasteiger partial charge < -0.3 is 10.6 Å². The molecule has 1 aliphatic heterocycles. The highest BCUT2D eigenvalue weighted by molar-refractivity contribution is 7.17. The van der Waals surface area contributed by atoms with Gasteiger partial charge in [0.25, 0.3) is 0 Å². The average Bonchev–Trinajstić information content (AvgIpc) is 2.61. The molecular formula is C11H19ClN4OS. The van der Waals surface area contributed by atoms with Crippen LogP contribution in [0.15, 0.2) is 0 Å². The van der Waals surface area contributed by atoms with Gasteiger partial charge in [-0.15, -0.1) is 12.4 Å². The van der Waals surface area contributed by atoms with Gasteiger partial charge in [0.15, 0.2) is 10.9 Å². The Balaban J connectivity index is 0.00000162. The Kier molecular flexibility index (Phi) is 5.52. The number of nitrogens with two attached hydrogens (primary N) is 1. The molecule has 0 saturated carbocycles. The molecule has 0 spiro atoms. The zero-order chi connectivity index (χ0) is 12.4. The number of thiazole rings is 1. The van der Waals surface area contributed by atoms with Gasteiger partial charge in [-0.3, -0.25) is 9.69 Å². The lowest BCUT2D eigenvalue weighted by Crippen LogP contribution is -2.46. The second-order valence-corrected chi connectivity index (χ2v) is 5.50. The van der Waals surface area contributed by atoms with Gasteiger partial charge in [0.2, 0.25) is 0 Å². The molecule has 0 radical (unpaired) electrons. The Bertz CT molecular complexity index is 415. The molecule has 0 aliphatic carbocycles. The van der Waals surface area contributed by atoms with E-state index in [1.807, 2.05) is 6.92 Å². The Morgan fingerprint density at radius 3 is 2.50 bits per heavy atom. The van der Waals surface area contributed by atoms with Crippen molar-refractivity contribution in [2.45, 2.75) is 6.92 Å². The van der Waals surface area contributed by atoms with Crippen molar-refractivity contribution in [2.75, 3.05) is 45.5 Å². The summed E-state index contributed by atoms with van der Waals surface area (Å²) in [5.74, 6) is 0.140. The second kappa shape index (κ2) is 6.47. The highest BCUT2D eigenvalue weighted by Gasteiger charge is 2.20. The van der Waals surface area contributed by atoms with E-state index in [9.17, 15) is 4.79 Å². The molecule has 1 aromatic heterocycles. The Morgan fingerprint density at radius 2 is 2.00 bits per heavy atom. The fourth-order valence-electron chi connectivity index (χ4n) is 1.96. The number of rotatable bonds is 3. The number of anilines is 1. The van der Waals surface area contributed by atoms with E-state index in [1.54, 1.807) is 0 Å². The number of carbonyl (C=O) groups excluding carboxylic acids is 1. The lowest BCUT2D eigenvalue weighted by atomic mass is 10.2. The van der Waals surface area contributed by atoms with Gasteiger partial charge in [0.1, 0.15) is 0 Å². The van der Waals surface area contributed by atoms with Gasteiger partial charge in [-0.1, -0.05) is 11.3 Å². The van der Waals surface area contributed by atoms with E-state index < -0.39 is 0 Å². The van der Waals surface area contributed by atoms with Crippen LogP contribution in [0, 0.1) is 6.92 Å². The van der Waals surface area contributed by atoms with Crippen molar-refractivity contribution in [3.05, 3.63) is 10.6 Å². The van der Waals surface area contributed by atoms with Crippen LogP contribution in [-0.2, 0) is 0 Å². The molecule has 1 saturated heterocycles. The van der Waals surface area contributed by atoms with E-state index in [0.29, 0.717) is 16.6 Å². The third kappa shape index (κ3) is 3.65. The number of hydrogen-bond donors (Lipinski definition) is 1. The Morgan fingerprint density at radius 1 is 1.39 bits per heavy atom. The number of piperazine rings is 1. The van der Waals surface area contributed by atoms with Crippen LogP contribution in [0.2, 0.25) is 0 Å². The molecule has 2 N–H and O–H groups in total. The third-order valence-corrected chi connectivity index (χ3v) is 4.06. The lowest BCUT2D eigenvalue weighted by molar-refractivity contribution is 0.0879. The van der Waals surface area contributed by atoms with Crippen molar-refractivity contribution in [1.29, 1.82) is 0 Å². The summed E-state index contributed by atoms with van der Waals surface area (Å²) < 4.78 is 0. The Hall–Kier alpha value is -0.690. The molecule has 18 heavy (non-hydrogen) atoms. The van der Waals surface area contributed by atoms with Gasteiger partial charge >= 0.3 is 0 Å². The number of carbonyl (C=O) groups is 1. The van der Waals surface area contributed by atoms with Gasteiger partial charge in [-0.05, 0) is 14.0 Å². The third-order valence-electron chi connectivity index (χ3n) is 3.03. The predicted octanol–water partition coefficient (Wildman–Crippen LogP) is 0.886. The summed E-state index contributed by atoms with van der Waals surface area (Å²) in [5.41, 5.74) is 6.36. The SMILES string of the molecule is Cc1nc(N)sc1C(=O)CN1CCN(C)CC1.Cl. The van der Waals surface area contributed by atoms with Crippen molar-refractivity contribution in [3.8, 4) is 0 Å². The molecule has 2 rings (SSSR count). The van der Waals surface area contributed by atoms with Crippen molar-refractivity contribution >= 4 is 34.7 Å². The van der Waals surface area contributed by atoms with Crippen molar-refractivity contribution in [1.82, 2.24) is 14.8 Å². The van der Waals surface area contributed by atoms with Crippen molar-refractivity contribution in [2.24, 2.45) is 0 Å². The molecule has 0 unspecified atom stereocenters. The summed E-state index contributed by atoms with van der Waals surface area (Å²) in [6, 6.07) is 0. The normalized spacial score (nSPS) is 17.4. The maximum Gasteiger partial charge on any atom is 0.188 e. The van der Waals surface area contributed by atoms with Crippen LogP contribution in [0.3, 0.4) is 0 Å². The zero-order valence-electron chi connectivity index (χ0n) is 10.7. The lowest BCUT2D eigenvalue weighted by Gasteiger charge is -2.31. The van der Waals surface area contributed by atoms with Crippen LogP contribution >= 0.6 is 23.7 Å². The van der Waals surface area contributed by atoms with Gasteiger partial charge in [-0.25, -0.2) is 4.98 Å². The largest absolute Gasteiger partial charge is 0.375 e. The van der Waals surface area contributed by atoms with E-state index in [2.05, 4.69) is 21.8 Å². The number of aromatic nitrogens is 1. The summed E-state index contributed by atoms with van der Waals surface area (Å²) in [7, 11) is 2.10. The smallest absolute Gasteiger partial charge is 0.188 e. The maximum absolute atomic E-state index is 12.1. The molecule has 1 aromatic rings. The van der Waals surface area contributed by atoms with Gasteiger partial charge in [-0.2, -0.15) is 0 Å². The minimum absolute atomic E-state index is 0. The predicted molar refractivity (Wildman–Crippen MR) is 76.8 cm³/mol. The van der Waals surface area contributed by atoms with Crippen molar-refractivity contribution < 1.29 is 4.79 Å². The highest BCUT2D eigenvalue weighted by Crippen LogP contribution is 2.20. The van der Waals surface area contributed by atoms with E-state index in [1.165, 1.54) is 11.3 Å². The van der Waals surface area contributed by atoms with E-state index in [4.69, 9.17) is 5.73 Å². The van der Waals surface area contributed by atoms with Crippen LogP contribution in [0.4, 0.5) is 5.13 Å². The minimum Gasteiger partial charge on any atom is -0.375 e. The summed E-state index contributed by atoms with van der Waals surface area (Å²) in [6.07, 6.45) is 0. The van der Waals surface area contributed by atoms with Gasteiger partial charge in [0.05, 0.1) is 17.1 Å². The maximum atomic E-state index is 12.1. The molecule has 5 nitrogen and oxygen atoms in total.